The minimum absolute atomic E-state index is 0.262. The number of hydrogen-bond acceptors (Lipinski definition) is 4. The van der Waals surface area contributed by atoms with Crippen LogP contribution in [-0.4, -0.2) is 24.1 Å². The molecule has 0 bridgehead atoms. The summed E-state index contributed by atoms with van der Waals surface area (Å²) in [6, 6.07) is 3.54. The monoisotopic (exact) mass is 264 g/mol. The number of anilines is 1. The zero-order valence-corrected chi connectivity index (χ0v) is 12.5. The number of hydrogen-bond donors (Lipinski definition) is 1. The second-order valence-corrected chi connectivity index (χ2v) is 5.80. The number of pyridine rings is 1. The first-order valence-electron chi connectivity index (χ1n) is 6.71. The van der Waals surface area contributed by atoms with Crippen LogP contribution in [0.3, 0.4) is 0 Å². The molecule has 1 N–H and O–H groups in total. The van der Waals surface area contributed by atoms with Crippen molar-refractivity contribution in [2.24, 2.45) is 11.3 Å². The Labute approximate surface area is 115 Å². The van der Waals surface area contributed by atoms with Gasteiger partial charge in [0.05, 0.1) is 12.2 Å². The predicted octanol–water partition coefficient (Wildman–Crippen LogP) is 3.35. The van der Waals surface area contributed by atoms with Gasteiger partial charge in [-0.25, -0.2) is 9.78 Å². The van der Waals surface area contributed by atoms with Crippen LogP contribution in [0.25, 0.3) is 0 Å². The predicted molar refractivity (Wildman–Crippen MR) is 77.3 cm³/mol. The maximum atomic E-state index is 11.5. The highest BCUT2D eigenvalue weighted by Crippen LogP contribution is 2.25. The second kappa shape index (κ2) is 6.55. The maximum Gasteiger partial charge on any atom is 0.339 e. The van der Waals surface area contributed by atoms with Crippen molar-refractivity contribution in [3.63, 3.8) is 0 Å². The summed E-state index contributed by atoms with van der Waals surface area (Å²) in [5.41, 5.74) is 0.744. The lowest BCUT2D eigenvalue weighted by Crippen LogP contribution is -2.25. The van der Waals surface area contributed by atoms with Crippen molar-refractivity contribution in [2.45, 2.75) is 34.6 Å². The molecular formula is C15H24N2O2. The van der Waals surface area contributed by atoms with E-state index < -0.39 is 0 Å². The molecule has 0 aliphatic rings. The van der Waals surface area contributed by atoms with Gasteiger partial charge in [0.2, 0.25) is 0 Å². The van der Waals surface area contributed by atoms with E-state index in [4.69, 9.17) is 4.74 Å². The van der Waals surface area contributed by atoms with Crippen molar-refractivity contribution in [3.05, 3.63) is 23.9 Å². The van der Waals surface area contributed by atoms with Gasteiger partial charge in [0, 0.05) is 12.7 Å². The van der Waals surface area contributed by atoms with Crippen molar-refractivity contribution in [3.8, 4) is 0 Å². The highest BCUT2D eigenvalue weighted by atomic mass is 16.5. The Morgan fingerprint density at radius 2 is 2.11 bits per heavy atom. The topological polar surface area (TPSA) is 51.2 Å². The standard InChI is InChI=1S/C15H24N2O2/c1-6-19-14(18)12-7-8-13(17-10-12)16-9-11(2)15(3,4)5/h7-8,10-11H,6,9H2,1-5H3,(H,16,17). The van der Waals surface area contributed by atoms with Crippen LogP contribution >= 0.6 is 0 Å². The molecule has 0 saturated heterocycles. The number of esters is 1. The molecule has 1 aromatic heterocycles. The summed E-state index contributed by atoms with van der Waals surface area (Å²) < 4.78 is 4.91. The van der Waals surface area contributed by atoms with Crippen LogP contribution in [0, 0.1) is 11.3 Å². The lowest BCUT2D eigenvalue weighted by atomic mass is 9.82. The van der Waals surface area contributed by atoms with Crippen molar-refractivity contribution in [1.82, 2.24) is 4.98 Å². The molecule has 0 amide bonds. The Hall–Kier alpha value is -1.58. The molecule has 1 aromatic rings. The van der Waals surface area contributed by atoms with Crippen molar-refractivity contribution in [2.75, 3.05) is 18.5 Å². The van der Waals surface area contributed by atoms with Crippen LogP contribution in [0.4, 0.5) is 5.82 Å². The number of aromatic nitrogens is 1. The first-order valence-corrected chi connectivity index (χ1v) is 6.71. The molecule has 4 heteroatoms. The molecule has 0 spiro atoms. The molecule has 1 atom stereocenters. The average molecular weight is 264 g/mol. The highest BCUT2D eigenvalue weighted by molar-refractivity contribution is 5.89. The van der Waals surface area contributed by atoms with E-state index in [1.165, 1.54) is 0 Å². The van der Waals surface area contributed by atoms with Crippen LogP contribution in [0.15, 0.2) is 18.3 Å². The van der Waals surface area contributed by atoms with E-state index >= 15 is 0 Å². The van der Waals surface area contributed by atoms with E-state index in [9.17, 15) is 4.79 Å². The molecule has 0 aliphatic carbocycles. The molecule has 0 fully saturated rings. The fourth-order valence-corrected chi connectivity index (χ4v) is 1.40. The van der Waals surface area contributed by atoms with E-state index in [1.807, 2.05) is 6.07 Å². The van der Waals surface area contributed by atoms with Crippen LogP contribution in [0.1, 0.15) is 45.0 Å². The highest BCUT2D eigenvalue weighted by Gasteiger charge is 2.19. The molecule has 0 aromatic carbocycles. The Bertz CT molecular complexity index is 407. The van der Waals surface area contributed by atoms with Crippen LogP contribution in [0.5, 0.6) is 0 Å². The quantitative estimate of drug-likeness (QED) is 0.829. The summed E-state index contributed by atoms with van der Waals surface area (Å²) in [6.45, 7) is 11.9. The van der Waals surface area contributed by atoms with Gasteiger partial charge < -0.3 is 10.1 Å². The first-order chi connectivity index (χ1) is 8.84. The van der Waals surface area contributed by atoms with Gasteiger partial charge in [-0.2, -0.15) is 0 Å². The molecule has 1 unspecified atom stereocenters. The fourth-order valence-electron chi connectivity index (χ4n) is 1.40. The SMILES string of the molecule is CCOC(=O)c1ccc(NCC(C)C(C)(C)C)nc1. The number of nitrogens with zero attached hydrogens (tertiary/aromatic N) is 1. The summed E-state index contributed by atoms with van der Waals surface area (Å²) in [7, 11) is 0. The number of ether oxygens (including phenoxy) is 1. The smallest absolute Gasteiger partial charge is 0.339 e. The number of rotatable bonds is 5. The molecule has 0 radical (unpaired) electrons. The van der Waals surface area contributed by atoms with Gasteiger partial charge in [0.1, 0.15) is 5.82 Å². The van der Waals surface area contributed by atoms with Gasteiger partial charge in [-0.1, -0.05) is 27.7 Å². The Morgan fingerprint density at radius 1 is 1.42 bits per heavy atom. The lowest BCUT2D eigenvalue weighted by molar-refractivity contribution is 0.0526. The van der Waals surface area contributed by atoms with E-state index in [1.54, 1.807) is 19.2 Å². The normalized spacial score (nSPS) is 12.9. The van der Waals surface area contributed by atoms with Crippen LogP contribution in [0.2, 0.25) is 0 Å². The van der Waals surface area contributed by atoms with E-state index in [0.717, 1.165) is 12.4 Å². The van der Waals surface area contributed by atoms with Crippen LogP contribution < -0.4 is 5.32 Å². The van der Waals surface area contributed by atoms with Gasteiger partial charge in [0.25, 0.3) is 0 Å². The zero-order valence-electron chi connectivity index (χ0n) is 12.5. The zero-order chi connectivity index (χ0) is 14.5. The van der Waals surface area contributed by atoms with E-state index in [2.05, 4.69) is 38.0 Å². The average Bonchev–Trinajstić information content (AvgIpc) is 2.35. The molecule has 106 valence electrons. The number of carbonyl (C=O) groups is 1. The van der Waals surface area contributed by atoms with E-state index in [0.29, 0.717) is 18.1 Å². The largest absolute Gasteiger partial charge is 0.462 e. The van der Waals surface area contributed by atoms with Gasteiger partial charge in [-0.05, 0) is 30.4 Å². The minimum atomic E-state index is -0.329. The van der Waals surface area contributed by atoms with E-state index in [-0.39, 0.29) is 11.4 Å². The van der Waals surface area contributed by atoms with Crippen molar-refractivity contribution >= 4 is 11.8 Å². The lowest BCUT2D eigenvalue weighted by Gasteiger charge is -2.27. The van der Waals surface area contributed by atoms with Crippen molar-refractivity contribution in [1.29, 1.82) is 0 Å². The summed E-state index contributed by atoms with van der Waals surface area (Å²) >= 11 is 0. The molecular weight excluding hydrogens is 240 g/mol. The minimum Gasteiger partial charge on any atom is -0.462 e. The van der Waals surface area contributed by atoms with Crippen LogP contribution in [-0.2, 0) is 4.74 Å². The molecule has 0 saturated carbocycles. The Kier molecular flexibility index (Phi) is 5.33. The summed E-state index contributed by atoms with van der Waals surface area (Å²) in [5, 5.41) is 3.29. The maximum absolute atomic E-state index is 11.5. The number of nitrogens with one attached hydrogen (secondary N) is 1. The third kappa shape index (κ3) is 4.89. The van der Waals surface area contributed by atoms with Gasteiger partial charge in [0.15, 0.2) is 0 Å². The molecule has 19 heavy (non-hydrogen) atoms. The summed E-state index contributed by atoms with van der Waals surface area (Å²) in [4.78, 5) is 15.7. The number of carbonyl (C=O) groups excluding carboxylic acids is 1. The summed E-state index contributed by atoms with van der Waals surface area (Å²) in [6.07, 6.45) is 1.54. The van der Waals surface area contributed by atoms with Crippen molar-refractivity contribution < 1.29 is 9.53 Å². The molecule has 0 aliphatic heterocycles. The third-order valence-corrected chi connectivity index (χ3v) is 3.34. The Balaban J connectivity index is 2.56. The van der Waals surface area contributed by atoms with Gasteiger partial charge >= 0.3 is 5.97 Å². The first kappa shape index (κ1) is 15.5. The fraction of sp³-hybridized carbons (Fsp3) is 0.600. The molecule has 1 rings (SSSR count). The molecule has 4 nitrogen and oxygen atoms in total. The second-order valence-electron chi connectivity index (χ2n) is 5.80. The summed E-state index contributed by atoms with van der Waals surface area (Å²) in [5.74, 6) is 0.979. The molecule has 1 heterocycles. The third-order valence-electron chi connectivity index (χ3n) is 3.34. The van der Waals surface area contributed by atoms with Gasteiger partial charge in [-0.15, -0.1) is 0 Å². The Morgan fingerprint density at radius 3 is 2.58 bits per heavy atom. The van der Waals surface area contributed by atoms with Gasteiger partial charge in [-0.3, -0.25) is 0 Å².